The number of nitrogen functional groups attached to an aromatic ring is 1. The average Bonchev–Trinajstić information content (AvgIpc) is 0.741. The molecule has 10 nitrogen and oxygen atoms in total. The van der Waals surface area contributed by atoms with Gasteiger partial charge in [0, 0.05) is 43.6 Å². The molecule has 762 valence electrons. The van der Waals surface area contributed by atoms with Gasteiger partial charge in [0.1, 0.15) is 17.7 Å². The highest BCUT2D eigenvalue weighted by Crippen LogP contribution is 3.54. The Morgan fingerprint density at radius 3 is 0.955 bits per heavy atom. The van der Waals surface area contributed by atoms with E-state index in [9.17, 15) is 8.42 Å². The lowest BCUT2D eigenvalue weighted by Crippen LogP contribution is -2.28. The van der Waals surface area contributed by atoms with Gasteiger partial charge in [0.05, 0.1) is 22.0 Å². The summed E-state index contributed by atoms with van der Waals surface area (Å²) in [6.07, 6.45) is 4.43. The van der Waals surface area contributed by atoms with Crippen molar-refractivity contribution < 1.29 is 26.8 Å². The SMILES string of the molecule is Nc1ncc(-c2ccc(S(=O)(=O)C3CCOCC3)cc2)nc1-c1cc(-c2ccc(CN[C@@H]3CCCO3)cc2F)no1.PPP(P)P(P(P(P)P)P(P)P)P(P(P(P(P)P)P(P)P)P(P(P)P)P(P)P)P(P(P(P(P(P)P)P(P)P)P(P(P)P)P(P)P)P(P(P(P)P)P(P)P)P(P(P)P)P(P)P)P(P(P(P(P)P)P(P)P)P(P(P)P)P(P)P)P(P(P(P)P)P(P)P)P(P(P)P)P(P)P. The molecule has 0 bridgehead atoms. The minimum Gasteiger partial charge on any atom is -0.382 e. The number of sulfone groups is 1. The fraction of sp³-hybridized carbons (Fsp3) is 0.345. The Morgan fingerprint density at radius 1 is 0.379 bits per heavy atom. The highest BCUT2D eigenvalue weighted by molar-refractivity contribution is 9.59. The zero-order chi connectivity index (χ0) is 101. The third kappa shape index (κ3) is 50.2. The van der Waals surface area contributed by atoms with Gasteiger partial charge in [-0.15, -0.1) is 411 Å². The minimum atomic E-state index is -3.46. The van der Waals surface area contributed by atoms with E-state index in [-0.39, 0.29) is 160 Å². The van der Waals surface area contributed by atoms with Crippen LogP contribution in [0.4, 0.5) is 10.2 Å². The van der Waals surface area contributed by atoms with E-state index >= 15 is 4.39 Å². The summed E-state index contributed by atoms with van der Waals surface area (Å²) < 4.78 is 57.4. The number of nitrogens with zero attached hydrogens (tertiary/aromatic N) is 3. The topological polar surface area (TPSA) is 142 Å². The van der Waals surface area contributed by atoms with E-state index in [1.807, 2.05) is 6.07 Å². The molecule has 0 amide bonds. The van der Waals surface area contributed by atoms with Gasteiger partial charge in [0.2, 0.25) is 0 Å². The van der Waals surface area contributed by atoms with E-state index in [0.29, 0.717) is 49.6 Å². The third-order valence-electron chi connectivity index (χ3n) is 15.5. The van der Waals surface area contributed by atoms with Crippen LogP contribution < -0.4 is 11.1 Å². The second kappa shape index (κ2) is 82.9. The van der Waals surface area contributed by atoms with E-state index < -0.39 is 203 Å². The van der Waals surface area contributed by atoms with Gasteiger partial charge in [-0.2, -0.15) is 0 Å². The van der Waals surface area contributed by atoms with Crippen LogP contribution in [0.5, 0.6) is 0 Å². The van der Waals surface area contributed by atoms with Gasteiger partial charge < -0.3 is 19.7 Å². The lowest BCUT2D eigenvalue weighted by Gasteiger charge is -2.63. The monoisotopic (exact) mass is 3490 g/mol. The molecule has 3 N–H and O–H groups in total. The Morgan fingerprint density at radius 2 is 0.674 bits per heavy atom. The number of nitrogens with two attached hydrogens (primary N) is 1. The first kappa shape index (κ1) is 158. The van der Waals surface area contributed by atoms with Gasteiger partial charge in [-0.3, -0.25) is 5.32 Å². The van der Waals surface area contributed by atoms with Crippen LogP contribution in [-0.4, -0.2) is 54.8 Å². The van der Waals surface area contributed by atoms with Crippen molar-refractivity contribution in [2.75, 3.05) is 25.6 Å². The molecule has 50 unspecified atom stereocenters. The molecule has 2 aliphatic heterocycles. The molecule has 0 saturated carbocycles. The molecule has 0 radical (unpaired) electrons. The highest BCUT2D eigenvalue weighted by atomic mass is 33.6. The number of ether oxygens (including phenoxy) is 2. The summed E-state index contributed by atoms with van der Waals surface area (Å²) >= 11 is 0. The van der Waals surface area contributed by atoms with E-state index in [1.54, 1.807) is 36.4 Å². The Kier molecular flexibility index (Phi) is 99.1. The predicted octanol–water partition coefficient (Wildman–Crippen LogP) is 57.8. The molecule has 51 atom stereocenters. The molecule has 2 saturated heterocycles. The number of anilines is 1. The second-order valence-corrected chi connectivity index (χ2v) is 403. The van der Waals surface area contributed by atoms with Crippen LogP contribution in [0.1, 0.15) is 31.2 Å². The van der Waals surface area contributed by atoms with Crippen LogP contribution in [0.2, 0.25) is 0 Å². The largest absolute Gasteiger partial charge is 0.382 e. The van der Waals surface area contributed by atoms with Crippen molar-refractivity contribution in [3.63, 3.8) is 0 Å². The maximum Gasteiger partial charge on any atom is 0.189 e. The first-order chi connectivity index (χ1) is 61.3. The minimum absolute atomic E-state index is 0.00114. The average molecular weight is 3490 g/mol. The molecular weight excluding hydrogens is 3370 g/mol. The number of benzene rings is 2. The molecule has 6 rings (SSSR count). The lowest BCUT2D eigenvalue weighted by atomic mass is 10.1. The molecule has 103 heteroatoms. The van der Waals surface area contributed by atoms with E-state index in [4.69, 9.17) is 19.7 Å². The quantitative estimate of drug-likeness (QED) is 0.0410. The van der Waals surface area contributed by atoms with E-state index in [2.05, 4.69) is 431 Å². The van der Waals surface area contributed by atoms with Crippen LogP contribution in [0, 0.1) is 5.82 Å². The molecule has 4 heterocycles. The number of nitrogens with one attached hydrogen (secondary N) is 1. The van der Waals surface area contributed by atoms with Gasteiger partial charge in [0.15, 0.2) is 27.1 Å². The normalized spacial score (nSPS) is 16.5. The molecule has 2 fully saturated rings. The highest BCUT2D eigenvalue weighted by Gasteiger charge is 2.67. The fourth-order valence-electron chi connectivity index (χ4n) is 10.6. The van der Waals surface area contributed by atoms with Crippen molar-refractivity contribution in [1.29, 1.82) is 0 Å². The van der Waals surface area contributed by atoms with E-state index in [1.165, 1.54) is 12.3 Å². The first-order valence-corrected chi connectivity index (χ1v) is 202. The summed E-state index contributed by atoms with van der Waals surface area (Å²) in [6, 6.07) is 13.0. The van der Waals surface area contributed by atoms with Crippen LogP contribution in [0.3, 0.4) is 0 Å². The standard InChI is InChI=1S/C29H30FN5O5S.H93P91/c30-23-14-18(16-32-27-2-1-11-39-27)3-8-22(23)24-15-26(40-35-24)28-29(31)33-17-25(34-28)19-4-6-20(7-5-19)41(36,37)21-9-12-38-13-10-21;1-47-70(46)82(71(48(2)3)49(4)5)88(83(72(50(6)7)51(8)9)73(52(10)11)53(12)13)91(89(84(74(54(14)15)55(16)17)75(56(18)19)57(20)21)85(76(58(22)23)59(24)25)77(60(26)27)61(28)29)90(86(78(62(30)31)63(32)33)79(64(34)35)65(36)37)87(80(66(38)39)67(40)41)81(68(42)43)69(44)45/h3-8,14-15,17,21,27,32H,1-2,9-13,16H2,(H2,31,33);47H,1-46H2/t27-;/m0./s1. The Hall–Kier alpha value is 35.4. The maximum atomic E-state index is 15.0. The number of halogens is 1. The molecule has 4 aromatic rings. The summed E-state index contributed by atoms with van der Waals surface area (Å²) in [6.45, 7) is -15.5. The molecule has 2 aromatic carbocycles. The van der Waals surface area contributed by atoms with Gasteiger partial charge in [-0.05, 0) is 363 Å². The fourth-order valence-corrected chi connectivity index (χ4v) is 1360. The summed E-state index contributed by atoms with van der Waals surface area (Å²) in [5.41, 5.74) is 8.85. The van der Waals surface area contributed by atoms with Gasteiger partial charge in [-0.25, -0.2) is 22.8 Å². The predicted molar refractivity (Wildman–Crippen MR) is 909 cm³/mol. The molecule has 0 aliphatic carbocycles. The number of hydrogen-bond donors (Lipinski definition) is 2. The molecule has 0 spiro atoms. The summed E-state index contributed by atoms with van der Waals surface area (Å²) in [5.74, 6) is -0.0830. The number of rotatable bonds is 52. The van der Waals surface area contributed by atoms with Crippen molar-refractivity contribution in [2.24, 2.45) is 0 Å². The van der Waals surface area contributed by atoms with Gasteiger partial charge in [-0.1, -0.05) is 31.3 Å². The van der Waals surface area contributed by atoms with Crippen LogP contribution in [-0.2, 0) is 25.9 Å². The molecule has 2 aliphatic rings. The van der Waals surface area contributed by atoms with E-state index in [0.717, 1.165) is 33.0 Å². The lowest BCUT2D eigenvalue weighted by molar-refractivity contribution is 0.0827. The summed E-state index contributed by atoms with van der Waals surface area (Å²) in [7, 11) is 170. The molecule has 2 aromatic heterocycles. The first-order valence-electron chi connectivity index (χ1n) is 34.3. The number of hydrogen-bond acceptors (Lipinski definition) is 10. The third-order valence-corrected chi connectivity index (χ3v) is 663. The van der Waals surface area contributed by atoms with Crippen molar-refractivity contribution in [1.82, 2.24) is 20.4 Å². The molecule has 132 heavy (non-hydrogen) atoms. The van der Waals surface area contributed by atoms with Crippen LogP contribution >= 0.6 is 726 Å². The van der Waals surface area contributed by atoms with Crippen molar-refractivity contribution in [3.05, 3.63) is 66.1 Å². The van der Waals surface area contributed by atoms with Gasteiger partial charge >= 0.3 is 0 Å². The number of aromatic nitrogens is 3. The van der Waals surface area contributed by atoms with Gasteiger partial charge in [0.25, 0.3) is 0 Å². The summed E-state index contributed by atoms with van der Waals surface area (Å²) in [5, 5.41) is 6.86. The van der Waals surface area contributed by atoms with Crippen LogP contribution in [0.25, 0.3) is 34.0 Å². The zero-order valence-corrected chi connectivity index (χ0v) is 163. The van der Waals surface area contributed by atoms with Crippen LogP contribution in [0.15, 0.2) is 64.1 Å². The van der Waals surface area contributed by atoms with Crippen molar-refractivity contribution >= 4 is 742 Å². The van der Waals surface area contributed by atoms with Crippen molar-refractivity contribution in [3.8, 4) is 34.0 Å². The Labute approximate surface area is 949 Å². The molecular formula is C29H123FN5O5P91S. The Balaban J connectivity index is 0.000000612. The Bertz CT molecular complexity index is 3720. The zero-order valence-electron chi connectivity index (χ0n) is 69.0. The smallest absolute Gasteiger partial charge is 0.189 e. The maximum absolute atomic E-state index is 15.0. The van der Waals surface area contributed by atoms with Crippen molar-refractivity contribution in [2.45, 2.75) is 48.6 Å². The second-order valence-electron chi connectivity index (χ2n) is 24.6. The summed E-state index contributed by atoms with van der Waals surface area (Å²) in [4.78, 5) is 9.10.